The van der Waals surface area contributed by atoms with Gasteiger partial charge >= 0.3 is 5.97 Å². The average molecular weight is 365 g/mol. The largest absolute Gasteiger partial charge is 0.466 e. The number of rotatable bonds is 4. The third-order valence-corrected chi connectivity index (χ3v) is 5.01. The summed E-state index contributed by atoms with van der Waals surface area (Å²) in [5, 5.41) is 5.47. The molecule has 1 fully saturated rings. The van der Waals surface area contributed by atoms with E-state index in [0.717, 1.165) is 48.5 Å². The Bertz CT molecular complexity index is 960. The summed E-state index contributed by atoms with van der Waals surface area (Å²) in [6, 6.07) is 8.18. The Hall–Kier alpha value is -2.96. The summed E-state index contributed by atoms with van der Waals surface area (Å²) in [4.78, 5) is 23.1. The van der Waals surface area contributed by atoms with Gasteiger partial charge in [-0.25, -0.2) is 14.6 Å². The number of hydrogen-bond donors (Lipinski definition) is 0. The highest BCUT2D eigenvalue weighted by atomic mass is 16.5. The number of fused-ring (bicyclic) bond motifs is 1. The Kier molecular flexibility index (Phi) is 4.75. The van der Waals surface area contributed by atoms with Crippen molar-refractivity contribution in [1.29, 1.82) is 0 Å². The molecule has 3 heterocycles. The van der Waals surface area contributed by atoms with Crippen molar-refractivity contribution in [2.24, 2.45) is 5.92 Å². The van der Waals surface area contributed by atoms with E-state index < -0.39 is 0 Å². The van der Waals surface area contributed by atoms with Gasteiger partial charge in [0.15, 0.2) is 5.65 Å². The molecule has 0 aliphatic carbocycles. The maximum atomic E-state index is 12.0. The molecule has 0 bridgehead atoms. The van der Waals surface area contributed by atoms with Gasteiger partial charge in [0.05, 0.1) is 29.8 Å². The minimum Gasteiger partial charge on any atom is -0.466 e. The van der Waals surface area contributed by atoms with E-state index >= 15 is 0 Å². The van der Waals surface area contributed by atoms with Crippen LogP contribution in [0.5, 0.6) is 0 Å². The lowest BCUT2D eigenvalue weighted by atomic mass is 9.97. The molecule has 140 valence electrons. The molecule has 0 unspecified atom stereocenters. The number of nitrogens with zero attached hydrogens (tertiary/aromatic N) is 5. The molecule has 0 radical (unpaired) electrons. The van der Waals surface area contributed by atoms with E-state index in [4.69, 9.17) is 4.74 Å². The van der Waals surface area contributed by atoms with Crippen molar-refractivity contribution in [3.8, 4) is 5.69 Å². The zero-order valence-corrected chi connectivity index (χ0v) is 15.6. The monoisotopic (exact) mass is 365 g/mol. The molecule has 1 aliphatic heterocycles. The maximum Gasteiger partial charge on any atom is 0.309 e. The minimum atomic E-state index is -0.0859. The maximum absolute atomic E-state index is 12.0. The highest BCUT2D eigenvalue weighted by molar-refractivity contribution is 5.87. The molecule has 0 amide bonds. The number of benzene rings is 1. The zero-order chi connectivity index (χ0) is 18.8. The molecule has 0 atom stereocenters. The molecule has 0 spiro atoms. The lowest BCUT2D eigenvalue weighted by Gasteiger charge is -2.31. The van der Waals surface area contributed by atoms with Crippen LogP contribution in [0.15, 0.2) is 36.8 Å². The molecule has 1 saturated heterocycles. The summed E-state index contributed by atoms with van der Waals surface area (Å²) < 4.78 is 7.00. The fraction of sp³-hybridized carbons (Fsp3) is 0.400. The van der Waals surface area contributed by atoms with Crippen molar-refractivity contribution in [2.75, 3.05) is 24.6 Å². The van der Waals surface area contributed by atoms with Crippen molar-refractivity contribution in [3.05, 3.63) is 42.4 Å². The normalized spacial score (nSPS) is 15.3. The number of carbonyl (C=O) groups is 1. The van der Waals surface area contributed by atoms with E-state index in [9.17, 15) is 4.79 Å². The van der Waals surface area contributed by atoms with Gasteiger partial charge in [0.2, 0.25) is 0 Å². The third kappa shape index (κ3) is 3.37. The van der Waals surface area contributed by atoms with Crippen LogP contribution in [0.4, 0.5) is 5.82 Å². The number of carbonyl (C=O) groups excluding carboxylic acids is 1. The van der Waals surface area contributed by atoms with Crippen LogP contribution in [0.3, 0.4) is 0 Å². The number of hydrogen-bond acceptors (Lipinski definition) is 6. The number of aryl methyl sites for hydroxylation is 1. The van der Waals surface area contributed by atoms with Crippen LogP contribution in [0.1, 0.15) is 25.3 Å². The second kappa shape index (κ2) is 7.34. The smallest absolute Gasteiger partial charge is 0.309 e. The number of piperidine rings is 1. The molecule has 0 N–H and O–H groups in total. The van der Waals surface area contributed by atoms with Gasteiger partial charge in [-0.1, -0.05) is 12.1 Å². The fourth-order valence-corrected chi connectivity index (χ4v) is 3.62. The first kappa shape index (κ1) is 17.5. The first-order valence-corrected chi connectivity index (χ1v) is 9.34. The molecule has 7 nitrogen and oxygen atoms in total. The van der Waals surface area contributed by atoms with Crippen LogP contribution in [-0.2, 0) is 9.53 Å². The lowest BCUT2D eigenvalue weighted by Crippen LogP contribution is -2.37. The van der Waals surface area contributed by atoms with E-state index in [0.29, 0.717) is 6.61 Å². The quantitative estimate of drug-likeness (QED) is 0.662. The second-order valence-corrected chi connectivity index (χ2v) is 6.84. The average Bonchev–Trinajstić information content (AvgIpc) is 3.12. The van der Waals surface area contributed by atoms with Gasteiger partial charge in [0.25, 0.3) is 0 Å². The van der Waals surface area contributed by atoms with Crippen molar-refractivity contribution >= 4 is 22.8 Å². The van der Waals surface area contributed by atoms with Gasteiger partial charge in [-0.15, -0.1) is 0 Å². The summed E-state index contributed by atoms with van der Waals surface area (Å²) in [7, 11) is 0. The minimum absolute atomic E-state index is 0.0199. The Morgan fingerprint density at radius 2 is 2.07 bits per heavy atom. The van der Waals surface area contributed by atoms with Crippen LogP contribution in [0.25, 0.3) is 16.7 Å². The van der Waals surface area contributed by atoms with Gasteiger partial charge < -0.3 is 9.64 Å². The molecule has 1 aliphatic rings. The number of ether oxygens (including phenoxy) is 1. The Labute approximate surface area is 158 Å². The summed E-state index contributed by atoms with van der Waals surface area (Å²) in [5.74, 6) is 0.770. The summed E-state index contributed by atoms with van der Waals surface area (Å²) in [5.41, 5.74) is 2.94. The van der Waals surface area contributed by atoms with E-state index in [1.807, 2.05) is 29.9 Å². The Morgan fingerprint density at radius 1 is 1.26 bits per heavy atom. The highest BCUT2D eigenvalue weighted by Gasteiger charge is 2.27. The van der Waals surface area contributed by atoms with Crippen molar-refractivity contribution in [3.63, 3.8) is 0 Å². The Balaban J connectivity index is 1.60. The summed E-state index contributed by atoms with van der Waals surface area (Å²) in [6.45, 7) is 5.88. The molecule has 0 saturated carbocycles. The predicted molar refractivity (Wildman–Crippen MR) is 103 cm³/mol. The first-order valence-electron chi connectivity index (χ1n) is 9.34. The zero-order valence-electron chi connectivity index (χ0n) is 15.6. The van der Waals surface area contributed by atoms with Gasteiger partial charge in [-0.05, 0) is 44.4 Å². The highest BCUT2D eigenvalue weighted by Crippen LogP contribution is 2.28. The van der Waals surface area contributed by atoms with E-state index in [-0.39, 0.29) is 11.9 Å². The van der Waals surface area contributed by atoms with Crippen molar-refractivity contribution in [2.45, 2.75) is 26.7 Å². The third-order valence-electron chi connectivity index (χ3n) is 5.01. The topological polar surface area (TPSA) is 73.1 Å². The molecule has 27 heavy (non-hydrogen) atoms. The summed E-state index contributed by atoms with van der Waals surface area (Å²) >= 11 is 0. The van der Waals surface area contributed by atoms with Crippen LogP contribution >= 0.6 is 0 Å². The molecule has 7 heteroatoms. The number of aromatic nitrogens is 4. The molecule has 2 aromatic heterocycles. The van der Waals surface area contributed by atoms with Gasteiger partial charge in [0.1, 0.15) is 12.1 Å². The molecular weight excluding hydrogens is 342 g/mol. The number of anilines is 1. The van der Waals surface area contributed by atoms with Crippen molar-refractivity contribution < 1.29 is 9.53 Å². The molecule has 3 aromatic rings. The van der Waals surface area contributed by atoms with Crippen LogP contribution in [0.2, 0.25) is 0 Å². The van der Waals surface area contributed by atoms with E-state index in [1.54, 1.807) is 6.33 Å². The van der Waals surface area contributed by atoms with Crippen molar-refractivity contribution in [1.82, 2.24) is 19.7 Å². The summed E-state index contributed by atoms with van der Waals surface area (Å²) in [6.07, 6.45) is 4.96. The fourth-order valence-electron chi connectivity index (χ4n) is 3.62. The standard InChI is InChI=1S/C20H23N5O2/c1-3-27-20(26)15-7-9-24(10-8-15)18-17-12-23-25(19(17)22-13-21-18)16-6-4-5-14(2)11-16/h4-6,11-13,15H,3,7-10H2,1-2H3. The van der Waals surface area contributed by atoms with Crippen LogP contribution in [-0.4, -0.2) is 45.4 Å². The number of esters is 1. The SMILES string of the molecule is CCOC(=O)C1CCN(c2ncnc3c2cnn3-c2cccc(C)c2)CC1. The Morgan fingerprint density at radius 3 is 2.81 bits per heavy atom. The van der Waals surface area contributed by atoms with Crippen LogP contribution in [0, 0.1) is 12.8 Å². The second-order valence-electron chi connectivity index (χ2n) is 6.84. The first-order chi connectivity index (χ1) is 13.2. The van der Waals surface area contributed by atoms with Gasteiger partial charge in [-0.3, -0.25) is 4.79 Å². The van der Waals surface area contributed by atoms with Gasteiger partial charge in [-0.2, -0.15) is 5.10 Å². The van der Waals surface area contributed by atoms with E-state index in [1.165, 1.54) is 5.56 Å². The molecule has 1 aromatic carbocycles. The lowest BCUT2D eigenvalue weighted by molar-refractivity contribution is -0.148. The van der Waals surface area contributed by atoms with Gasteiger partial charge in [0, 0.05) is 13.1 Å². The van der Waals surface area contributed by atoms with E-state index in [2.05, 4.69) is 39.0 Å². The molecular formula is C20H23N5O2. The molecule has 4 rings (SSSR count). The predicted octanol–water partition coefficient (Wildman–Crippen LogP) is 2.90. The van der Waals surface area contributed by atoms with Crippen LogP contribution < -0.4 is 4.90 Å².